The molecule has 1 unspecified atom stereocenters. The average Bonchev–Trinajstić information content (AvgIpc) is 2.93. The van der Waals surface area contributed by atoms with E-state index < -0.39 is 5.60 Å². The van der Waals surface area contributed by atoms with Crippen molar-refractivity contribution in [2.24, 2.45) is 11.7 Å². The van der Waals surface area contributed by atoms with Gasteiger partial charge in [0.05, 0.1) is 16.3 Å². The van der Waals surface area contributed by atoms with Crippen LogP contribution in [-0.4, -0.2) is 22.2 Å². The van der Waals surface area contributed by atoms with Gasteiger partial charge in [-0.15, -0.1) is 11.3 Å². The van der Waals surface area contributed by atoms with Crippen LogP contribution >= 0.6 is 11.3 Å². The molecule has 1 heterocycles. The molecule has 1 saturated carbocycles. The predicted octanol–water partition coefficient (Wildman–Crippen LogP) is 1.09. The Balaban J connectivity index is 2.07. The van der Waals surface area contributed by atoms with E-state index in [4.69, 9.17) is 5.73 Å². The first-order chi connectivity index (χ1) is 6.64. The SMILES string of the molecule is Cc1nc(CC(O)(CN)C2CC2)cs1. The van der Waals surface area contributed by atoms with E-state index in [9.17, 15) is 5.11 Å². The first kappa shape index (κ1) is 10.1. The molecule has 1 aliphatic rings. The van der Waals surface area contributed by atoms with E-state index >= 15 is 0 Å². The van der Waals surface area contributed by atoms with Crippen molar-refractivity contribution in [2.75, 3.05) is 6.54 Å². The smallest absolute Gasteiger partial charge is 0.0897 e. The number of aromatic nitrogens is 1. The molecular weight excluding hydrogens is 196 g/mol. The number of aryl methyl sites for hydroxylation is 1. The Labute approximate surface area is 88.0 Å². The van der Waals surface area contributed by atoms with E-state index in [1.165, 1.54) is 0 Å². The van der Waals surface area contributed by atoms with Gasteiger partial charge in [-0.25, -0.2) is 4.98 Å². The summed E-state index contributed by atoms with van der Waals surface area (Å²) >= 11 is 1.62. The number of hydrogen-bond acceptors (Lipinski definition) is 4. The summed E-state index contributed by atoms with van der Waals surface area (Å²) in [5.41, 5.74) is 5.90. The molecule has 3 nitrogen and oxygen atoms in total. The van der Waals surface area contributed by atoms with Crippen LogP contribution in [0, 0.1) is 12.8 Å². The van der Waals surface area contributed by atoms with E-state index in [2.05, 4.69) is 4.98 Å². The molecule has 0 spiro atoms. The van der Waals surface area contributed by atoms with Crippen LogP contribution in [0.5, 0.6) is 0 Å². The monoisotopic (exact) mass is 212 g/mol. The molecule has 0 amide bonds. The normalized spacial score (nSPS) is 20.8. The number of hydrogen-bond donors (Lipinski definition) is 2. The highest BCUT2D eigenvalue weighted by Gasteiger charge is 2.43. The lowest BCUT2D eigenvalue weighted by Gasteiger charge is -2.25. The van der Waals surface area contributed by atoms with Crippen LogP contribution in [0.4, 0.5) is 0 Å². The topological polar surface area (TPSA) is 59.1 Å². The molecule has 0 bridgehead atoms. The lowest BCUT2D eigenvalue weighted by atomic mass is 9.92. The lowest BCUT2D eigenvalue weighted by Crippen LogP contribution is -2.42. The minimum absolute atomic E-state index is 0.342. The summed E-state index contributed by atoms with van der Waals surface area (Å²) in [4.78, 5) is 4.36. The minimum atomic E-state index is -0.708. The first-order valence-electron chi connectivity index (χ1n) is 4.97. The number of thiazole rings is 1. The van der Waals surface area contributed by atoms with Crippen molar-refractivity contribution in [3.05, 3.63) is 16.1 Å². The summed E-state index contributed by atoms with van der Waals surface area (Å²) in [6, 6.07) is 0. The van der Waals surface area contributed by atoms with Crippen LogP contribution in [0.3, 0.4) is 0 Å². The molecule has 78 valence electrons. The minimum Gasteiger partial charge on any atom is -0.388 e. The van der Waals surface area contributed by atoms with Crippen molar-refractivity contribution >= 4 is 11.3 Å². The zero-order valence-electron chi connectivity index (χ0n) is 8.36. The summed E-state index contributed by atoms with van der Waals surface area (Å²) in [5, 5.41) is 13.3. The van der Waals surface area contributed by atoms with Crippen molar-refractivity contribution in [3.63, 3.8) is 0 Å². The fraction of sp³-hybridized carbons (Fsp3) is 0.700. The lowest BCUT2D eigenvalue weighted by molar-refractivity contribution is 0.0259. The second-order valence-corrected chi connectivity index (χ2v) is 5.18. The predicted molar refractivity (Wildman–Crippen MR) is 57.3 cm³/mol. The van der Waals surface area contributed by atoms with Crippen LogP contribution < -0.4 is 5.73 Å². The largest absolute Gasteiger partial charge is 0.388 e. The van der Waals surface area contributed by atoms with E-state index in [1.807, 2.05) is 12.3 Å². The van der Waals surface area contributed by atoms with Gasteiger partial charge in [-0.1, -0.05) is 0 Å². The molecule has 1 fully saturated rings. The molecule has 1 atom stereocenters. The summed E-state index contributed by atoms with van der Waals surface area (Å²) in [5.74, 6) is 0.398. The molecule has 0 saturated heterocycles. The maximum Gasteiger partial charge on any atom is 0.0897 e. The number of nitrogens with two attached hydrogens (primary N) is 1. The van der Waals surface area contributed by atoms with Gasteiger partial charge >= 0.3 is 0 Å². The molecule has 3 N–H and O–H groups in total. The first-order valence-corrected chi connectivity index (χ1v) is 5.85. The van der Waals surface area contributed by atoms with Gasteiger partial charge in [-0.3, -0.25) is 0 Å². The van der Waals surface area contributed by atoms with Crippen LogP contribution in [0.2, 0.25) is 0 Å². The Morgan fingerprint density at radius 1 is 1.71 bits per heavy atom. The molecule has 0 aliphatic heterocycles. The maximum absolute atomic E-state index is 10.3. The fourth-order valence-electron chi connectivity index (χ4n) is 1.81. The Bertz CT molecular complexity index is 322. The Morgan fingerprint density at radius 3 is 2.86 bits per heavy atom. The molecule has 14 heavy (non-hydrogen) atoms. The van der Waals surface area contributed by atoms with Crippen LogP contribution in [-0.2, 0) is 6.42 Å². The Hall–Kier alpha value is -0.450. The van der Waals surface area contributed by atoms with E-state index in [1.54, 1.807) is 11.3 Å². The summed E-state index contributed by atoms with van der Waals surface area (Å²) in [7, 11) is 0. The third-order valence-corrected chi connectivity index (χ3v) is 3.67. The van der Waals surface area contributed by atoms with Gasteiger partial charge < -0.3 is 10.8 Å². The molecule has 0 radical (unpaired) electrons. The van der Waals surface area contributed by atoms with E-state index in [0.29, 0.717) is 18.9 Å². The maximum atomic E-state index is 10.3. The van der Waals surface area contributed by atoms with Gasteiger partial charge in [0.25, 0.3) is 0 Å². The molecule has 2 rings (SSSR count). The standard InChI is InChI=1S/C10H16N2OS/c1-7-12-9(5-14-7)4-10(13,6-11)8-2-3-8/h5,8,13H,2-4,6,11H2,1H3. The van der Waals surface area contributed by atoms with Crippen molar-refractivity contribution in [3.8, 4) is 0 Å². The molecular formula is C10H16N2OS. The van der Waals surface area contributed by atoms with Crippen LogP contribution in [0.1, 0.15) is 23.5 Å². The summed E-state index contributed by atoms with van der Waals surface area (Å²) in [6.45, 7) is 2.32. The fourth-order valence-corrected chi connectivity index (χ4v) is 2.42. The number of rotatable bonds is 4. The zero-order valence-corrected chi connectivity index (χ0v) is 9.18. The number of nitrogens with zero attached hydrogens (tertiary/aromatic N) is 1. The quantitative estimate of drug-likeness (QED) is 0.785. The van der Waals surface area contributed by atoms with Gasteiger partial charge in [-0.05, 0) is 25.7 Å². The third-order valence-electron chi connectivity index (χ3n) is 2.84. The van der Waals surface area contributed by atoms with Gasteiger partial charge in [-0.2, -0.15) is 0 Å². The van der Waals surface area contributed by atoms with Crippen molar-refractivity contribution in [2.45, 2.75) is 31.8 Å². The highest BCUT2D eigenvalue weighted by molar-refractivity contribution is 7.09. The van der Waals surface area contributed by atoms with Gasteiger partial charge in [0.2, 0.25) is 0 Å². The molecule has 1 aromatic rings. The average molecular weight is 212 g/mol. The van der Waals surface area contributed by atoms with Gasteiger partial charge in [0.1, 0.15) is 0 Å². The highest BCUT2D eigenvalue weighted by Crippen LogP contribution is 2.40. The molecule has 4 heteroatoms. The van der Waals surface area contributed by atoms with E-state index in [-0.39, 0.29) is 0 Å². The summed E-state index contributed by atoms with van der Waals surface area (Å²) < 4.78 is 0. The Kier molecular flexibility index (Phi) is 2.60. The van der Waals surface area contributed by atoms with Crippen LogP contribution in [0.25, 0.3) is 0 Å². The Morgan fingerprint density at radius 2 is 2.43 bits per heavy atom. The van der Waals surface area contributed by atoms with Crippen LogP contribution in [0.15, 0.2) is 5.38 Å². The van der Waals surface area contributed by atoms with E-state index in [0.717, 1.165) is 23.5 Å². The van der Waals surface area contributed by atoms with Crippen molar-refractivity contribution < 1.29 is 5.11 Å². The van der Waals surface area contributed by atoms with Gasteiger partial charge in [0.15, 0.2) is 0 Å². The molecule has 0 aromatic carbocycles. The second kappa shape index (κ2) is 3.61. The third kappa shape index (κ3) is 1.97. The highest BCUT2D eigenvalue weighted by atomic mass is 32.1. The zero-order chi connectivity index (χ0) is 10.2. The van der Waals surface area contributed by atoms with Crippen molar-refractivity contribution in [1.29, 1.82) is 0 Å². The second-order valence-electron chi connectivity index (χ2n) is 4.12. The van der Waals surface area contributed by atoms with Gasteiger partial charge in [0, 0.05) is 18.3 Å². The summed E-state index contributed by atoms with van der Waals surface area (Å²) in [6.07, 6.45) is 2.83. The molecule has 1 aromatic heterocycles. The molecule has 1 aliphatic carbocycles. The van der Waals surface area contributed by atoms with Crippen molar-refractivity contribution in [1.82, 2.24) is 4.98 Å². The number of aliphatic hydroxyl groups is 1.